The molecule has 0 aliphatic heterocycles. The first-order valence-electron chi connectivity index (χ1n) is 8.35. The van der Waals surface area contributed by atoms with Crippen molar-refractivity contribution in [3.05, 3.63) is 11.4 Å². The molecule has 0 amide bonds. The maximum Gasteiger partial charge on any atom is 0.134 e. The Morgan fingerprint density at radius 3 is 2.24 bits per heavy atom. The van der Waals surface area contributed by atoms with Crippen LogP contribution in [0.25, 0.3) is 0 Å². The third kappa shape index (κ3) is 4.32. The van der Waals surface area contributed by atoms with Gasteiger partial charge >= 0.3 is 0 Å². The van der Waals surface area contributed by atoms with Crippen LogP contribution in [0.15, 0.2) is 0 Å². The molecule has 1 aliphatic carbocycles. The smallest absolute Gasteiger partial charge is 0.134 e. The largest absolute Gasteiger partial charge is 0.370 e. The van der Waals surface area contributed by atoms with Crippen LogP contribution in [-0.4, -0.2) is 22.6 Å². The van der Waals surface area contributed by atoms with Gasteiger partial charge in [0.2, 0.25) is 0 Å². The van der Waals surface area contributed by atoms with Crippen LogP contribution in [-0.2, 0) is 0 Å². The minimum Gasteiger partial charge on any atom is -0.370 e. The van der Waals surface area contributed by atoms with Gasteiger partial charge in [-0.1, -0.05) is 20.8 Å². The van der Waals surface area contributed by atoms with Crippen molar-refractivity contribution >= 4 is 11.6 Å². The van der Waals surface area contributed by atoms with Gasteiger partial charge in [-0.05, 0) is 51.4 Å². The van der Waals surface area contributed by atoms with E-state index >= 15 is 0 Å². The highest BCUT2D eigenvalue weighted by Gasteiger charge is 2.24. The molecule has 0 spiro atoms. The second-order valence-corrected chi connectivity index (χ2v) is 6.78. The lowest BCUT2D eigenvalue weighted by molar-refractivity contribution is 0.280. The Bertz CT molecular complexity index is 462. The fourth-order valence-corrected chi connectivity index (χ4v) is 3.44. The van der Waals surface area contributed by atoms with E-state index in [1.54, 1.807) is 0 Å². The fourth-order valence-electron chi connectivity index (χ4n) is 3.44. The normalized spacial score (nSPS) is 25.7. The Hall–Kier alpha value is -1.32. The lowest BCUT2D eigenvalue weighted by atomic mass is 9.80. The van der Waals surface area contributed by atoms with E-state index in [0.29, 0.717) is 6.04 Å². The molecule has 0 aromatic carbocycles. The van der Waals surface area contributed by atoms with Crippen molar-refractivity contribution in [2.75, 3.05) is 17.2 Å². The molecule has 1 aromatic rings. The lowest BCUT2D eigenvalue weighted by Crippen LogP contribution is -2.31. The fraction of sp³-hybridized carbons (Fsp3) is 0.765. The first-order chi connectivity index (χ1) is 9.99. The summed E-state index contributed by atoms with van der Waals surface area (Å²) in [7, 11) is 0. The third-order valence-electron chi connectivity index (χ3n) is 4.32. The van der Waals surface area contributed by atoms with Gasteiger partial charge in [0.15, 0.2) is 0 Å². The van der Waals surface area contributed by atoms with Crippen LogP contribution in [0.2, 0.25) is 0 Å². The van der Waals surface area contributed by atoms with Crippen molar-refractivity contribution in [2.45, 2.75) is 66.3 Å². The van der Waals surface area contributed by atoms with E-state index in [2.05, 4.69) is 48.3 Å². The van der Waals surface area contributed by atoms with E-state index in [0.717, 1.165) is 47.8 Å². The summed E-state index contributed by atoms with van der Waals surface area (Å²) in [5.74, 6) is 4.41. The monoisotopic (exact) mass is 290 g/mol. The van der Waals surface area contributed by atoms with Gasteiger partial charge < -0.3 is 10.6 Å². The van der Waals surface area contributed by atoms with Crippen LogP contribution in [0.5, 0.6) is 0 Å². The Morgan fingerprint density at radius 1 is 1.00 bits per heavy atom. The van der Waals surface area contributed by atoms with E-state index in [4.69, 9.17) is 0 Å². The topological polar surface area (TPSA) is 49.8 Å². The minimum atomic E-state index is 0.538. The average Bonchev–Trinajstić information content (AvgIpc) is 2.39. The highest BCUT2D eigenvalue weighted by atomic mass is 15.1. The van der Waals surface area contributed by atoms with Crippen molar-refractivity contribution in [1.82, 2.24) is 9.97 Å². The SMILES string of the molecule is CCCNc1nc(C)nc(NC2CC(C)CC(C)C2)c1C. The molecule has 1 aliphatic rings. The number of anilines is 2. The molecule has 2 atom stereocenters. The summed E-state index contributed by atoms with van der Waals surface area (Å²) in [4.78, 5) is 9.16. The molecule has 2 rings (SSSR count). The van der Waals surface area contributed by atoms with E-state index in [9.17, 15) is 0 Å². The molecule has 1 saturated carbocycles. The van der Waals surface area contributed by atoms with Gasteiger partial charge in [-0.15, -0.1) is 0 Å². The molecule has 1 aromatic heterocycles. The summed E-state index contributed by atoms with van der Waals surface area (Å²) in [6, 6.07) is 0.538. The zero-order valence-electron chi connectivity index (χ0n) is 14.2. The maximum atomic E-state index is 4.62. The second-order valence-electron chi connectivity index (χ2n) is 6.78. The van der Waals surface area contributed by atoms with E-state index in [-0.39, 0.29) is 0 Å². The number of rotatable bonds is 5. The van der Waals surface area contributed by atoms with Gasteiger partial charge in [0.1, 0.15) is 17.5 Å². The zero-order valence-corrected chi connectivity index (χ0v) is 14.2. The highest BCUT2D eigenvalue weighted by Crippen LogP contribution is 2.31. The van der Waals surface area contributed by atoms with Crippen molar-refractivity contribution in [2.24, 2.45) is 11.8 Å². The predicted octanol–water partition coefficient (Wildman–Crippen LogP) is 4.15. The number of nitrogens with one attached hydrogen (secondary N) is 2. The average molecular weight is 290 g/mol. The molecule has 0 saturated heterocycles. The van der Waals surface area contributed by atoms with Crippen molar-refractivity contribution in [3.63, 3.8) is 0 Å². The van der Waals surface area contributed by atoms with E-state index in [1.165, 1.54) is 19.3 Å². The van der Waals surface area contributed by atoms with Crippen LogP contribution in [0, 0.1) is 25.7 Å². The molecule has 0 radical (unpaired) electrons. The van der Waals surface area contributed by atoms with Gasteiger partial charge in [-0.25, -0.2) is 9.97 Å². The lowest BCUT2D eigenvalue weighted by Gasteiger charge is -2.32. The molecule has 2 unspecified atom stereocenters. The van der Waals surface area contributed by atoms with E-state index in [1.807, 2.05) is 6.92 Å². The third-order valence-corrected chi connectivity index (χ3v) is 4.32. The molecule has 2 N–H and O–H groups in total. The second kappa shape index (κ2) is 7.10. The molecular formula is C17H30N4. The summed E-state index contributed by atoms with van der Waals surface area (Å²) >= 11 is 0. The van der Waals surface area contributed by atoms with Crippen molar-refractivity contribution < 1.29 is 0 Å². The number of aryl methyl sites for hydroxylation is 1. The number of nitrogens with zero attached hydrogens (tertiary/aromatic N) is 2. The van der Waals surface area contributed by atoms with Crippen LogP contribution < -0.4 is 10.6 Å². The number of aromatic nitrogens is 2. The summed E-state index contributed by atoms with van der Waals surface area (Å²) in [5.41, 5.74) is 1.14. The summed E-state index contributed by atoms with van der Waals surface area (Å²) in [5, 5.41) is 7.08. The standard InChI is InChI=1S/C17H30N4/c1-6-7-18-16-13(4)17(20-14(5)19-16)21-15-9-11(2)8-12(3)10-15/h11-12,15H,6-10H2,1-5H3,(H2,18,19,20,21). The molecule has 4 heteroatoms. The van der Waals surface area contributed by atoms with Gasteiger partial charge in [0.25, 0.3) is 0 Å². The first-order valence-corrected chi connectivity index (χ1v) is 8.35. The first kappa shape index (κ1) is 16.1. The predicted molar refractivity (Wildman–Crippen MR) is 89.9 cm³/mol. The van der Waals surface area contributed by atoms with Crippen LogP contribution in [0.3, 0.4) is 0 Å². The van der Waals surface area contributed by atoms with Crippen molar-refractivity contribution in [1.29, 1.82) is 0 Å². The van der Waals surface area contributed by atoms with Gasteiger partial charge in [-0.3, -0.25) is 0 Å². The molecule has 1 heterocycles. The molecule has 4 nitrogen and oxygen atoms in total. The molecule has 1 fully saturated rings. The molecule has 21 heavy (non-hydrogen) atoms. The van der Waals surface area contributed by atoms with Crippen LogP contribution in [0.4, 0.5) is 11.6 Å². The Labute approximate surface area is 129 Å². The van der Waals surface area contributed by atoms with Gasteiger partial charge in [0.05, 0.1) is 0 Å². The van der Waals surface area contributed by atoms with Gasteiger partial charge in [0, 0.05) is 18.2 Å². The maximum absolute atomic E-state index is 4.62. The summed E-state index contributed by atoms with van der Waals surface area (Å²) < 4.78 is 0. The van der Waals surface area contributed by atoms with Crippen molar-refractivity contribution in [3.8, 4) is 0 Å². The number of hydrogen-bond acceptors (Lipinski definition) is 4. The van der Waals surface area contributed by atoms with Crippen LogP contribution in [0.1, 0.15) is 57.8 Å². The van der Waals surface area contributed by atoms with Crippen LogP contribution >= 0.6 is 0 Å². The highest BCUT2D eigenvalue weighted by molar-refractivity contribution is 5.57. The quantitative estimate of drug-likeness (QED) is 0.855. The molecular weight excluding hydrogens is 260 g/mol. The summed E-state index contributed by atoms with van der Waals surface area (Å²) in [6.45, 7) is 11.9. The zero-order chi connectivity index (χ0) is 15.4. The molecule has 118 valence electrons. The number of hydrogen-bond donors (Lipinski definition) is 2. The Balaban J connectivity index is 2.13. The van der Waals surface area contributed by atoms with Gasteiger partial charge in [-0.2, -0.15) is 0 Å². The Kier molecular flexibility index (Phi) is 5.43. The summed E-state index contributed by atoms with van der Waals surface area (Å²) in [6.07, 6.45) is 4.93. The van der Waals surface area contributed by atoms with E-state index < -0.39 is 0 Å². The minimum absolute atomic E-state index is 0.538. The molecule has 0 bridgehead atoms. The Morgan fingerprint density at radius 2 is 1.62 bits per heavy atom.